The van der Waals surface area contributed by atoms with E-state index in [1.165, 1.54) is 0 Å². The molecule has 0 aromatic rings. The second-order valence-electron chi connectivity index (χ2n) is 4.02. The highest BCUT2D eigenvalue weighted by molar-refractivity contribution is 9.10. The third-order valence-electron chi connectivity index (χ3n) is 1.55. The lowest BCUT2D eigenvalue weighted by atomic mass is 9.91. The van der Waals surface area contributed by atoms with Gasteiger partial charge < -0.3 is 0 Å². The van der Waals surface area contributed by atoms with Crippen LogP contribution in [0.25, 0.3) is 0 Å². The summed E-state index contributed by atoms with van der Waals surface area (Å²) in [5.41, 5.74) is 0.237. The Bertz CT molecular complexity index is 219. The largest absolute Gasteiger partial charge is 0.280 e. The Morgan fingerprint density at radius 1 is 1.25 bits per heavy atom. The molecule has 6 nitrogen and oxygen atoms in total. The quantitative estimate of drug-likeness (QED) is 0.286. The molecule has 16 heavy (non-hydrogen) atoms. The van der Waals surface area contributed by atoms with Gasteiger partial charge in [-0.05, 0) is 5.41 Å². The van der Waals surface area contributed by atoms with Gasteiger partial charge in [-0.1, -0.05) is 36.7 Å². The van der Waals surface area contributed by atoms with E-state index in [4.69, 9.17) is 18.6 Å². The predicted octanol–water partition coefficient (Wildman–Crippen LogP) is -4.63. The molecule has 0 bridgehead atoms. The van der Waals surface area contributed by atoms with Crippen LogP contribution in [0.5, 0.6) is 0 Å². The minimum absolute atomic E-state index is 0.237. The second kappa shape index (κ2) is 7.41. The van der Waals surface area contributed by atoms with E-state index in [9.17, 15) is 0 Å². The zero-order valence-electron chi connectivity index (χ0n) is 9.97. The number of alkyl halides is 1. The average molecular weight is 322 g/mol. The number of hydrogen-bond acceptors (Lipinski definition) is 4. The van der Waals surface area contributed by atoms with Crippen LogP contribution in [0.15, 0.2) is 0 Å². The molecule has 2 N–H and O–H groups in total. The first-order valence-corrected chi connectivity index (χ1v) is 6.56. The molecule has 0 aromatic carbocycles. The van der Waals surface area contributed by atoms with Crippen molar-refractivity contribution in [1.82, 2.24) is 5.32 Å². The minimum Gasteiger partial charge on any atom is -0.280 e. The molecule has 0 radical (unpaired) electrons. The predicted molar refractivity (Wildman–Crippen MR) is 53.1 cm³/mol. The smallest absolute Gasteiger partial charge is 0.256 e. The second-order valence-corrected chi connectivity index (χ2v) is 5.69. The summed E-state index contributed by atoms with van der Waals surface area (Å²) in [7, 11) is -1.10. The lowest BCUT2D eigenvalue weighted by molar-refractivity contribution is -2.00. The van der Waals surface area contributed by atoms with Crippen molar-refractivity contribution < 1.29 is 33.9 Å². The molecule has 8 heteroatoms. The molecular formula is C8H18BrClN2O4. The molecule has 0 aliphatic heterocycles. The zero-order valence-corrected chi connectivity index (χ0v) is 12.3. The highest BCUT2D eigenvalue weighted by atomic mass is 79.9. The molecular weight excluding hydrogens is 303 g/mol. The Kier molecular flexibility index (Phi) is 8.55. The van der Waals surface area contributed by atoms with Gasteiger partial charge in [0.05, 0.1) is 14.1 Å². The van der Waals surface area contributed by atoms with Gasteiger partial charge in [0.1, 0.15) is 4.83 Å². The standard InChI is InChI=1S/C8H17BrN2.ClHO4/c1-8(2,3)6(9)7(10-4)11-5;2-1(3,4)5/h6H,1-5H3,(H,10,11);(H,2,3,4,5). The number of hydrogen-bond donors (Lipinski definition) is 2. The average Bonchev–Trinajstić information content (AvgIpc) is 2.01. The van der Waals surface area contributed by atoms with Crippen molar-refractivity contribution in [2.45, 2.75) is 25.6 Å². The van der Waals surface area contributed by atoms with Crippen LogP contribution in [0.3, 0.4) is 0 Å². The summed E-state index contributed by atoms with van der Waals surface area (Å²) in [5.74, 6) is 1.12. The van der Waals surface area contributed by atoms with E-state index in [-0.39, 0.29) is 5.41 Å². The van der Waals surface area contributed by atoms with Gasteiger partial charge in [0, 0.05) is 0 Å². The Morgan fingerprint density at radius 3 is 1.62 bits per heavy atom. The van der Waals surface area contributed by atoms with Crippen LogP contribution >= 0.6 is 15.9 Å². The van der Waals surface area contributed by atoms with Crippen LogP contribution in [-0.2, 0) is 0 Å². The van der Waals surface area contributed by atoms with Crippen molar-refractivity contribution in [3.8, 4) is 0 Å². The van der Waals surface area contributed by atoms with Gasteiger partial charge in [-0.3, -0.25) is 10.3 Å². The molecule has 0 aromatic heterocycles. The van der Waals surface area contributed by atoms with Gasteiger partial charge in [-0.25, -0.2) is 18.6 Å². The summed E-state index contributed by atoms with van der Waals surface area (Å²) in [4.78, 5) is 3.47. The molecule has 0 rings (SSSR count). The van der Waals surface area contributed by atoms with Crippen LogP contribution in [0.4, 0.5) is 0 Å². The Balaban J connectivity index is 0. The van der Waals surface area contributed by atoms with Crippen LogP contribution in [-0.4, -0.2) is 24.8 Å². The van der Waals surface area contributed by atoms with Crippen LogP contribution in [0.1, 0.15) is 20.8 Å². The molecule has 0 amide bonds. The molecule has 0 saturated carbocycles. The van der Waals surface area contributed by atoms with E-state index >= 15 is 0 Å². The summed E-state index contributed by atoms with van der Waals surface area (Å²) in [6.07, 6.45) is 0. The number of nitrogens with one attached hydrogen (secondary N) is 2. The Hall–Kier alpha value is 0.0800. The van der Waals surface area contributed by atoms with Gasteiger partial charge in [-0.15, -0.1) is 10.2 Å². The molecule has 0 fully saturated rings. The monoisotopic (exact) mass is 320 g/mol. The molecule has 1 atom stereocenters. The van der Waals surface area contributed by atoms with E-state index in [1.54, 1.807) is 0 Å². The third-order valence-corrected chi connectivity index (χ3v) is 3.38. The summed E-state index contributed by atoms with van der Waals surface area (Å²) < 4.78 is 34.0. The first-order chi connectivity index (χ1) is 6.93. The molecule has 0 saturated heterocycles. The fourth-order valence-corrected chi connectivity index (χ4v) is 1.27. The Labute approximate surface area is 106 Å². The van der Waals surface area contributed by atoms with E-state index in [0.717, 1.165) is 5.84 Å². The lowest BCUT2D eigenvalue weighted by Gasteiger charge is -2.22. The highest BCUT2D eigenvalue weighted by Gasteiger charge is 2.29. The maximum absolute atomic E-state index is 8.49. The molecule has 0 spiro atoms. The number of amidine groups is 1. The maximum atomic E-state index is 8.49. The first-order valence-electron chi connectivity index (χ1n) is 4.41. The number of rotatable bonds is 1. The topological polar surface area (TPSA) is 118 Å². The van der Waals surface area contributed by atoms with Crippen LogP contribution < -0.4 is 28.9 Å². The minimum atomic E-state index is -4.94. The zero-order chi connectivity index (χ0) is 13.6. The molecule has 0 aliphatic rings. The molecule has 0 heterocycles. The summed E-state index contributed by atoms with van der Waals surface area (Å²) in [5, 5.41) is 3.12. The van der Waals surface area contributed by atoms with Gasteiger partial charge >= 0.3 is 0 Å². The lowest BCUT2D eigenvalue weighted by Crippen LogP contribution is -2.74. The fraction of sp³-hybridized carbons (Fsp3) is 0.875. The van der Waals surface area contributed by atoms with E-state index < -0.39 is 10.2 Å². The van der Waals surface area contributed by atoms with Gasteiger partial charge in [0.15, 0.2) is 0 Å². The van der Waals surface area contributed by atoms with Crippen molar-refractivity contribution in [3.05, 3.63) is 0 Å². The summed E-state index contributed by atoms with van der Waals surface area (Å²) >= 11 is 3.62. The highest BCUT2D eigenvalue weighted by Crippen LogP contribution is 2.25. The van der Waals surface area contributed by atoms with Crippen molar-refractivity contribution >= 4 is 21.8 Å². The van der Waals surface area contributed by atoms with E-state index in [0.29, 0.717) is 4.83 Å². The van der Waals surface area contributed by atoms with Crippen LogP contribution in [0.2, 0.25) is 0 Å². The SMILES string of the molecule is CNC(=[NH+]C)C(Br)C(C)(C)C.[O-][Cl+3]([O-])([O-])[O-]. The van der Waals surface area contributed by atoms with Gasteiger partial charge in [0.2, 0.25) is 0 Å². The van der Waals surface area contributed by atoms with Gasteiger partial charge in [0.25, 0.3) is 5.84 Å². The Morgan fingerprint density at radius 2 is 1.56 bits per heavy atom. The van der Waals surface area contributed by atoms with Gasteiger partial charge in [-0.2, -0.15) is 0 Å². The summed E-state index contributed by atoms with van der Waals surface area (Å²) in [6.45, 7) is 6.59. The van der Waals surface area contributed by atoms with Crippen molar-refractivity contribution in [2.75, 3.05) is 14.1 Å². The van der Waals surface area contributed by atoms with E-state index in [1.807, 2.05) is 14.1 Å². The molecule has 98 valence electrons. The fourth-order valence-electron chi connectivity index (χ4n) is 0.811. The maximum Gasteiger partial charge on any atom is 0.256 e. The first kappa shape index (κ1) is 18.4. The van der Waals surface area contributed by atoms with Crippen molar-refractivity contribution in [3.63, 3.8) is 0 Å². The van der Waals surface area contributed by atoms with Crippen molar-refractivity contribution in [2.24, 2.45) is 5.41 Å². The number of halogens is 2. The van der Waals surface area contributed by atoms with Crippen LogP contribution in [0, 0.1) is 15.7 Å². The summed E-state index contributed by atoms with van der Waals surface area (Å²) in [6, 6.07) is 0. The van der Waals surface area contributed by atoms with Crippen molar-refractivity contribution in [1.29, 1.82) is 0 Å². The molecule has 1 unspecified atom stereocenters. The third kappa shape index (κ3) is 12.2. The molecule has 0 aliphatic carbocycles. The normalized spacial score (nSPS) is 15.0. The van der Waals surface area contributed by atoms with E-state index in [2.05, 4.69) is 47.0 Å².